The van der Waals surface area contributed by atoms with Crippen molar-refractivity contribution in [1.29, 1.82) is 0 Å². The Kier molecular flexibility index (Phi) is 14.4. The summed E-state index contributed by atoms with van der Waals surface area (Å²) >= 11 is 7.92. The van der Waals surface area contributed by atoms with Crippen molar-refractivity contribution in [3.8, 4) is 10.8 Å². The highest BCUT2D eigenvalue weighted by molar-refractivity contribution is 7.90. The first-order chi connectivity index (χ1) is 33.0. The number of benzene rings is 3. The molecule has 19 heteroatoms. The van der Waals surface area contributed by atoms with Crippen molar-refractivity contribution in [2.45, 2.75) is 128 Å². The number of aliphatic hydroxyl groups is 1. The van der Waals surface area contributed by atoms with Gasteiger partial charge in [-0.3, -0.25) is 28.7 Å². The number of carbonyl (C=O) groups excluding carboxylic acids is 4. The number of rotatable bonds is 14. The Morgan fingerprint density at radius 1 is 0.914 bits per heavy atom. The van der Waals surface area contributed by atoms with E-state index < -0.39 is 57.3 Å². The number of aromatic nitrogens is 3. The number of likely N-dealkylation sites (tertiary alicyclic amines) is 1. The Morgan fingerprint density at radius 3 is 2.23 bits per heavy atom. The molecule has 3 aromatic carbocycles. The highest BCUT2D eigenvalue weighted by Crippen LogP contribution is 2.40. The normalized spacial score (nSPS) is 20.7. The Morgan fingerprint density at radius 2 is 1.59 bits per heavy atom. The molecular weight excluding hydrogens is 952 g/mol. The smallest absolute Gasteiger partial charge is 0.246 e. The summed E-state index contributed by atoms with van der Waals surface area (Å²) in [5.74, 6) is 0.460. The number of aryl methyl sites for hydroxylation is 2. The molecule has 0 bridgehead atoms. The number of halogens is 1. The van der Waals surface area contributed by atoms with Gasteiger partial charge in [0.15, 0.2) is 15.7 Å². The topological polar surface area (TPSA) is 214 Å². The summed E-state index contributed by atoms with van der Waals surface area (Å²) in [5, 5.41) is 30.1. The molecule has 5 atom stereocenters. The lowest BCUT2D eigenvalue weighted by Gasteiger charge is -2.36. The molecule has 3 aliphatic rings. The van der Waals surface area contributed by atoms with E-state index >= 15 is 0 Å². The first-order valence-corrected chi connectivity index (χ1v) is 26.4. The van der Waals surface area contributed by atoms with Gasteiger partial charge in [-0.1, -0.05) is 68.8 Å². The molecule has 1 aliphatic carbocycles. The van der Waals surface area contributed by atoms with E-state index in [1.165, 1.54) is 17.0 Å². The SMILES string of the molecule is Cc1sc2c(c1C)C(c1ccc(Cl)cc1)=N[C@@H](CC(=O)N[C@H]1C[C@H](Oc3ccc(CC(=O)N[C@H](C(=O)N4C[C@H](O)C[C@H]4C(=O)N[C@@H](C)c4ccc(S(C)(=O)=O)cc4)C(C)(C)C)cc3)C1)c1nnc(C)n1-2. The van der Waals surface area contributed by atoms with E-state index in [1.54, 1.807) is 54.7 Å². The van der Waals surface area contributed by atoms with Crippen molar-refractivity contribution in [2.75, 3.05) is 12.8 Å². The highest BCUT2D eigenvalue weighted by Gasteiger charge is 2.45. The van der Waals surface area contributed by atoms with E-state index in [9.17, 15) is 32.7 Å². The van der Waals surface area contributed by atoms with Gasteiger partial charge in [0.05, 0.1) is 35.6 Å². The molecule has 0 unspecified atom stereocenters. The number of amides is 4. The first kappa shape index (κ1) is 50.4. The molecule has 5 aromatic rings. The standard InChI is InChI=1S/C51H59ClN8O8S2/c1-27-29(3)69-50-44(27)45(33-11-15-34(52)16-12-33)55-40(47-58-57-30(4)60(47)50)25-43(63)54-35-22-38(23-35)68-37-17-9-31(10-18-37)21-42(62)56-46(51(5,6)7)49(65)59-26-36(61)24-41(59)48(64)53-28(2)32-13-19-39(20-14-32)70(8,66)67/h9-20,28,35-36,38,40-41,46,61H,21-26H2,1-8H3,(H,53,64)(H,54,63)(H,56,62)/t28-,35-,36+,38-,40-,41-,46+/m0/s1. The number of β-amino-alcohol motifs (C(OH)–C–C–N with tert-alkyl or cyclic N) is 1. The second kappa shape index (κ2) is 20.0. The number of ether oxygens (including phenoxy) is 1. The minimum atomic E-state index is -3.39. The molecule has 16 nitrogen and oxygen atoms in total. The van der Waals surface area contributed by atoms with E-state index in [-0.39, 0.29) is 54.7 Å². The number of nitrogens with zero attached hydrogens (tertiary/aromatic N) is 5. The molecule has 4 amide bonds. The third-order valence-corrected chi connectivity index (χ3v) is 15.8. The number of nitrogens with one attached hydrogen (secondary N) is 3. The van der Waals surface area contributed by atoms with E-state index in [2.05, 4.69) is 40.0 Å². The molecule has 1 saturated heterocycles. The molecule has 1 saturated carbocycles. The van der Waals surface area contributed by atoms with Crippen molar-refractivity contribution in [1.82, 2.24) is 35.6 Å². The molecule has 2 aromatic heterocycles. The Bertz CT molecular complexity index is 2940. The molecule has 4 N–H and O–H groups in total. The summed E-state index contributed by atoms with van der Waals surface area (Å²) in [4.78, 5) is 62.8. The van der Waals surface area contributed by atoms with Crippen LogP contribution in [0.4, 0.5) is 0 Å². The van der Waals surface area contributed by atoms with Gasteiger partial charge in [0, 0.05) is 59.1 Å². The van der Waals surface area contributed by atoms with Crippen LogP contribution >= 0.6 is 22.9 Å². The van der Waals surface area contributed by atoms with Gasteiger partial charge >= 0.3 is 0 Å². The fourth-order valence-corrected chi connectivity index (χ4v) is 11.1. The zero-order chi connectivity index (χ0) is 50.4. The molecule has 370 valence electrons. The molecule has 0 spiro atoms. The maximum Gasteiger partial charge on any atom is 0.246 e. The van der Waals surface area contributed by atoms with E-state index in [4.69, 9.17) is 21.3 Å². The van der Waals surface area contributed by atoms with Crippen molar-refractivity contribution in [3.05, 3.63) is 122 Å². The van der Waals surface area contributed by atoms with Crippen LogP contribution in [0.15, 0.2) is 82.7 Å². The number of aliphatic hydroxyl groups excluding tert-OH is 1. The van der Waals surface area contributed by atoms with Gasteiger partial charge in [-0.15, -0.1) is 21.5 Å². The zero-order valence-electron chi connectivity index (χ0n) is 40.4. The van der Waals surface area contributed by atoms with Gasteiger partial charge in [0.2, 0.25) is 23.6 Å². The van der Waals surface area contributed by atoms with E-state index in [0.717, 1.165) is 44.4 Å². The molecule has 4 heterocycles. The fraction of sp³-hybridized carbons (Fsp3) is 0.431. The van der Waals surface area contributed by atoms with Crippen LogP contribution in [0.5, 0.6) is 5.75 Å². The van der Waals surface area contributed by atoms with Crippen LogP contribution in [0.2, 0.25) is 5.02 Å². The van der Waals surface area contributed by atoms with Crippen molar-refractivity contribution < 1.29 is 37.4 Å². The predicted octanol–water partition coefficient (Wildman–Crippen LogP) is 6.23. The predicted molar refractivity (Wildman–Crippen MR) is 267 cm³/mol. The number of thiophene rings is 1. The average Bonchev–Trinajstić information content (AvgIpc) is 3.94. The number of sulfone groups is 1. The van der Waals surface area contributed by atoms with Crippen LogP contribution < -0.4 is 20.7 Å². The lowest BCUT2D eigenvalue weighted by atomic mass is 9.85. The van der Waals surface area contributed by atoms with E-state index in [1.807, 2.05) is 56.5 Å². The maximum absolute atomic E-state index is 14.2. The third-order valence-electron chi connectivity index (χ3n) is 13.2. The summed E-state index contributed by atoms with van der Waals surface area (Å²) in [5.41, 5.74) is 4.42. The van der Waals surface area contributed by atoms with Crippen LogP contribution in [-0.2, 0) is 35.4 Å². The van der Waals surface area contributed by atoms with Crippen LogP contribution in [0, 0.1) is 26.2 Å². The summed E-state index contributed by atoms with van der Waals surface area (Å²) < 4.78 is 32.1. The molecule has 0 radical (unpaired) electrons. The summed E-state index contributed by atoms with van der Waals surface area (Å²) in [6.07, 6.45) is 1.38. The lowest BCUT2D eigenvalue weighted by Crippen LogP contribution is -2.58. The number of aliphatic imine (C=N–C) groups is 1. The minimum absolute atomic E-state index is 0.0184. The summed E-state index contributed by atoms with van der Waals surface area (Å²) in [6, 6.07) is 17.8. The number of fused-ring (bicyclic) bond motifs is 3. The average molecular weight is 1010 g/mol. The van der Waals surface area contributed by atoms with Crippen LogP contribution in [0.3, 0.4) is 0 Å². The molecule has 2 fully saturated rings. The first-order valence-electron chi connectivity index (χ1n) is 23.3. The second-order valence-electron chi connectivity index (χ2n) is 19.7. The van der Waals surface area contributed by atoms with Gasteiger partial charge < -0.3 is 30.7 Å². The van der Waals surface area contributed by atoms with E-state index in [0.29, 0.717) is 40.6 Å². The lowest BCUT2D eigenvalue weighted by molar-refractivity contribution is -0.144. The van der Waals surface area contributed by atoms with Gasteiger partial charge in [0.25, 0.3) is 0 Å². The summed E-state index contributed by atoms with van der Waals surface area (Å²) in [7, 11) is -3.39. The number of carbonyl (C=O) groups is 4. The monoisotopic (exact) mass is 1010 g/mol. The minimum Gasteiger partial charge on any atom is -0.490 e. The Hall–Kier alpha value is -5.95. The Labute approximate surface area is 417 Å². The quantitative estimate of drug-likeness (QED) is 0.0984. The zero-order valence-corrected chi connectivity index (χ0v) is 42.8. The van der Waals surface area contributed by atoms with Crippen molar-refractivity contribution in [3.63, 3.8) is 0 Å². The van der Waals surface area contributed by atoms with Crippen LogP contribution in [0.25, 0.3) is 5.00 Å². The molecule has 8 rings (SSSR count). The third kappa shape index (κ3) is 11.0. The molecule has 70 heavy (non-hydrogen) atoms. The molecular formula is C51H59ClN8O8S2. The second-order valence-corrected chi connectivity index (χ2v) is 23.4. The van der Waals surface area contributed by atoms with Crippen LogP contribution in [-0.4, -0.2) is 106 Å². The highest BCUT2D eigenvalue weighted by atomic mass is 35.5. The number of hydrogen-bond acceptors (Lipinski definition) is 12. The van der Waals surface area contributed by atoms with Gasteiger partial charge in [-0.05, 0) is 86.2 Å². The fourth-order valence-electron chi connectivity index (χ4n) is 9.17. The maximum atomic E-state index is 14.2. The number of hydrogen-bond donors (Lipinski definition) is 4. The van der Waals surface area contributed by atoms with Gasteiger partial charge in [-0.2, -0.15) is 0 Å². The van der Waals surface area contributed by atoms with Gasteiger partial charge in [0.1, 0.15) is 40.8 Å². The van der Waals surface area contributed by atoms with Gasteiger partial charge in [-0.25, -0.2) is 8.42 Å². The van der Waals surface area contributed by atoms with Crippen molar-refractivity contribution in [2.24, 2.45) is 10.4 Å². The molecule has 2 aliphatic heterocycles. The largest absolute Gasteiger partial charge is 0.490 e. The Balaban J connectivity index is 0.837. The summed E-state index contributed by atoms with van der Waals surface area (Å²) in [6.45, 7) is 13.2. The van der Waals surface area contributed by atoms with Crippen LogP contribution in [0.1, 0.15) is 110 Å². The van der Waals surface area contributed by atoms with Crippen molar-refractivity contribution >= 4 is 62.1 Å².